The molecule has 0 bridgehead atoms. The zero-order valence-corrected chi connectivity index (χ0v) is 13.4. The van der Waals surface area contributed by atoms with Crippen LogP contribution in [0.5, 0.6) is 5.88 Å². The Morgan fingerprint density at radius 1 is 1.55 bits per heavy atom. The second-order valence-electron chi connectivity index (χ2n) is 5.22. The summed E-state index contributed by atoms with van der Waals surface area (Å²) >= 11 is 1.14. The van der Waals surface area contributed by atoms with Crippen molar-refractivity contribution in [3.63, 3.8) is 0 Å². The molecule has 7 nitrogen and oxygen atoms in total. The van der Waals surface area contributed by atoms with Gasteiger partial charge in [0.25, 0.3) is 5.56 Å². The standard InChI is InChI=1S/C14H21N3O4S/c1-21-7-6-17-13(20)8-11(18)16-14(17)22-9-12(19)15-10-4-2-3-5-10/h8,10,18H,2-7,9H2,1H3,(H,15,19). The van der Waals surface area contributed by atoms with Crippen LogP contribution in [0.1, 0.15) is 25.7 Å². The number of amides is 1. The van der Waals surface area contributed by atoms with Crippen molar-refractivity contribution < 1.29 is 14.6 Å². The third-order valence-electron chi connectivity index (χ3n) is 3.53. The summed E-state index contributed by atoms with van der Waals surface area (Å²) in [6.45, 7) is 0.684. The topological polar surface area (TPSA) is 93.4 Å². The molecule has 1 aliphatic carbocycles. The zero-order valence-electron chi connectivity index (χ0n) is 12.6. The molecule has 0 atom stereocenters. The number of ether oxygens (including phenoxy) is 1. The van der Waals surface area contributed by atoms with Gasteiger partial charge >= 0.3 is 0 Å². The van der Waals surface area contributed by atoms with Gasteiger partial charge in [0.2, 0.25) is 11.8 Å². The van der Waals surface area contributed by atoms with Crippen molar-refractivity contribution in [2.75, 3.05) is 19.5 Å². The van der Waals surface area contributed by atoms with E-state index in [0.717, 1.165) is 43.5 Å². The lowest BCUT2D eigenvalue weighted by atomic mass is 10.2. The Bertz CT molecular complexity index is 570. The summed E-state index contributed by atoms with van der Waals surface area (Å²) in [5, 5.41) is 12.8. The van der Waals surface area contributed by atoms with Crippen LogP contribution in [-0.4, -0.2) is 46.1 Å². The Balaban J connectivity index is 1.98. The molecule has 8 heteroatoms. The van der Waals surface area contributed by atoms with Crippen LogP contribution in [0.2, 0.25) is 0 Å². The maximum absolute atomic E-state index is 11.9. The molecule has 1 aliphatic rings. The number of aromatic nitrogens is 2. The van der Waals surface area contributed by atoms with Gasteiger partial charge in [-0.3, -0.25) is 14.2 Å². The molecule has 0 spiro atoms. The van der Waals surface area contributed by atoms with E-state index in [1.54, 1.807) is 7.11 Å². The number of nitrogens with zero attached hydrogens (tertiary/aromatic N) is 2. The molecule has 2 rings (SSSR count). The first-order valence-electron chi connectivity index (χ1n) is 7.32. The summed E-state index contributed by atoms with van der Waals surface area (Å²) in [7, 11) is 1.54. The molecule has 0 unspecified atom stereocenters. The number of methoxy groups -OCH3 is 1. The maximum Gasteiger partial charge on any atom is 0.258 e. The van der Waals surface area contributed by atoms with Gasteiger partial charge in [-0.15, -0.1) is 0 Å². The first kappa shape index (κ1) is 16.8. The highest BCUT2D eigenvalue weighted by molar-refractivity contribution is 7.99. The fourth-order valence-electron chi connectivity index (χ4n) is 2.44. The summed E-state index contributed by atoms with van der Waals surface area (Å²) in [6.07, 6.45) is 4.37. The van der Waals surface area contributed by atoms with Crippen LogP contribution in [0, 0.1) is 0 Å². The van der Waals surface area contributed by atoms with Gasteiger partial charge in [0.15, 0.2) is 5.16 Å². The van der Waals surface area contributed by atoms with Gasteiger partial charge in [0, 0.05) is 13.2 Å². The molecule has 1 fully saturated rings. The minimum Gasteiger partial charge on any atom is -0.493 e. The van der Waals surface area contributed by atoms with E-state index in [1.165, 1.54) is 4.57 Å². The number of carbonyl (C=O) groups excluding carboxylic acids is 1. The Labute approximate surface area is 133 Å². The second kappa shape index (κ2) is 8.19. The van der Waals surface area contributed by atoms with Crippen LogP contribution in [0.3, 0.4) is 0 Å². The lowest BCUT2D eigenvalue weighted by Gasteiger charge is -2.13. The molecule has 1 aromatic rings. The fraction of sp³-hybridized carbons (Fsp3) is 0.643. The number of hydrogen-bond donors (Lipinski definition) is 2. The zero-order chi connectivity index (χ0) is 15.9. The summed E-state index contributed by atoms with van der Waals surface area (Å²) in [6, 6.07) is 1.32. The smallest absolute Gasteiger partial charge is 0.258 e. The predicted octanol–water partition coefficient (Wildman–Crippen LogP) is 0.746. The predicted molar refractivity (Wildman–Crippen MR) is 83.2 cm³/mol. The average Bonchev–Trinajstić information content (AvgIpc) is 2.96. The number of hydrogen-bond acceptors (Lipinski definition) is 6. The highest BCUT2D eigenvalue weighted by atomic mass is 32.2. The highest BCUT2D eigenvalue weighted by Gasteiger charge is 2.18. The molecule has 1 aromatic heterocycles. The first-order chi connectivity index (χ1) is 10.6. The van der Waals surface area contributed by atoms with Crippen molar-refractivity contribution in [2.24, 2.45) is 0 Å². The highest BCUT2D eigenvalue weighted by Crippen LogP contribution is 2.19. The Morgan fingerprint density at radius 2 is 2.27 bits per heavy atom. The first-order valence-corrected chi connectivity index (χ1v) is 8.30. The van der Waals surface area contributed by atoms with E-state index in [0.29, 0.717) is 18.3 Å². The average molecular weight is 327 g/mol. The second-order valence-corrected chi connectivity index (χ2v) is 6.16. The van der Waals surface area contributed by atoms with Gasteiger partial charge in [-0.2, -0.15) is 4.98 Å². The van der Waals surface area contributed by atoms with Gasteiger partial charge < -0.3 is 15.2 Å². The van der Waals surface area contributed by atoms with E-state index in [9.17, 15) is 14.7 Å². The number of aromatic hydroxyl groups is 1. The minimum atomic E-state index is -0.358. The van der Waals surface area contributed by atoms with E-state index < -0.39 is 0 Å². The maximum atomic E-state index is 11.9. The SMILES string of the molecule is COCCn1c(SCC(=O)NC2CCCC2)nc(O)cc1=O. The Morgan fingerprint density at radius 3 is 2.95 bits per heavy atom. The molecule has 0 radical (unpaired) electrons. The van der Waals surface area contributed by atoms with Crippen LogP contribution in [-0.2, 0) is 16.1 Å². The van der Waals surface area contributed by atoms with Crippen LogP contribution < -0.4 is 10.9 Å². The fourth-order valence-corrected chi connectivity index (χ4v) is 3.28. The molecule has 1 heterocycles. The molecule has 2 N–H and O–H groups in total. The molecule has 22 heavy (non-hydrogen) atoms. The van der Waals surface area contributed by atoms with E-state index in [4.69, 9.17) is 4.74 Å². The molecule has 0 saturated heterocycles. The Hall–Kier alpha value is -1.54. The summed E-state index contributed by atoms with van der Waals surface area (Å²) in [5.74, 6) is -0.246. The molecular weight excluding hydrogens is 306 g/mol. The largest absolute Gasteiger partial charge is 0.493 e. The molecule has 0 aromatic carbocycles. The monoisotopic (exact) mass is 327 g/mol. The third-order valence-corrected chi connectivity index (χ3v) is 4.51. The molecule has 1 saturated carbocycles. The van der Waals surface area contributed by atoms with Crippen LogP contribution in [0.4, 0.5) is 0 Å². The lowest BCUT2D eigenvalue weighted by molar-refractivity contribution is -0.119. The minimum absolute atomic E-state index is 0.0761. The summed E-state index contributed by atoms with van der Waals surface area (Å²) in [4.78, 5) is 27.8. The van der Waals surface area contributed by atoms with E-state index in [2.05, 4.69) is 10.3 Å². The van der Waals surface area contributed by atoms with Crippen molar-refractivity contribution in [1.29, 1.82) is 0 Å². The van der Waals surface area contributed by atoms with Crippen LogP contribution >= 0.6 is 11.8 Å². The van der Waals surface area contributed by atoms with Gasteiger partial charge in [-0.1, -0.05) is 24.6 Å². The van der Waals surface area contributed by atoms with Gasteiger partial charge in [-0.25, -0.2) is 0 Å². The van der Waals surface area contributed by atoms with Crippen molar-refractivity contribution in [2.45, 2.75) is 43.4 Å². The lowest BCUT2D eigenvalue weighted by Crippen LogP contribution is -2.34. The normalized spacial score (nSPS) is 15.1. The number of rotatable bonds is 7. The van der Waals surface area contributed by atoms with Gasteiger partial charge in [0.1, 0.15) is 0 Å². The number of carbonyl (C=O) groups is 1. The third kappa shape index (κ3) is 4.74. The van der Waals surface area contributed by atoms with Crippen molar-refractivity contribution in [1.82, 2.24) is 14.9 Å². The van der Waals surface area contributed by atoms with Crippen LogP contribution in [0.25, 0.3) is 0 Å². The van der Waals surface area contributed by atoms with E-state index in [-0.39, 0.29) is 29.1 Å². The van der Waals surface area contributed by atoms with E-state index >= 15 is 0 Å². The molecule has 122 valence electrons. The van der Waals surface area contributed by atoms with Crippen LogP contribution in [0.15, 0.2) is 16.0 Å². The van der Waals surface area contributed by atoms with Gasteiger partial charge in [-0.05, 0) is 12.8 Å². The molecule has 1 amide bonds. The summed E-state index contributed by atoms with van der Waals surface area (Å²) < 4.78 is 6.36. The quantitative estimate of drug-likeness (QED) is 0.567. The van der Waals surface area contributed by atoms with Crippen molar-refractivity contribution in [3.8, 4) is 5.88 Å². The van der Waals surface area contributed by atoms with E-state index in [1.807, 2.05) is 0 Å². The van der Waals surface area contributed by atoms with Crippen molar-refractivity contribution >= 4 is 17.7 Å². The molecular formula is C14H21N3O4S. The van der Waals surface area contributed by atoms with Gasteiger partial charge in [0.05, 0.1) is 25.0 Å². The number of nitrogens with one attached hydrogen (secondary N) is 1. The Kier molecular flexibility index (Phi) is 6.26. The molecule has 0 aliphatic heterocycles. The van der Waals surface area contributed by atoms with Crippen molar-refractivity contribution in [3.05, 3.63) is 16.4 Å². The number of thioether (sulfide) groups is 1. The summed E-state index contributed by atoms with van der Waals surface area (Å²) in [5.41, 5.74) is -0.358.